The van der Waals surface area contributed by atoms with Crippen molar-refractivity contribution in [1.82, 2.24) is 10.2 Å². The summed E-state index contributed by atoms with van der Waals surface area (Å²) in [5.41, 5.74) is 2.23. The zero-order valence-electron chi connectivity index (χ0n) is 25.8. The second-order valence-electron chi connectivity index (χ2n) is 11.0. The van der Waals surface area contributed by atoms with Crippen LogP contribution in [0.2, 0.25) is 15.1 Å². The molecule has 0 unspecified atom stereocenters. The number of benzene rings is 4. The van der Waals surface area contributed by atoms with Crippen molar-refractivity contribution in [2.45, 2.75) is 57.1 Å². The minimum atomic E-state index is -4.26. The standard InChI is InChI=1S/C35H36Cl3N3O4S/c1-4-25(3)39-35(43)33(21-26-12-6-5-7-13-26)40(22-29-30(37)14-10-15-31(29)38)34(42)23-41(32-16-9-8-11-24(32)2)46(44,45)28-19-17-27(36)18-20-28/h5-20,25,33H,4,21-23H2,1-3H3,(H,39,43)/t25-,33-/m1/s1. The average Bonchev–Trinajstić information content (AvgIpc) is 3.03. The number of sulfonamides is 1. The van der Waals surface area contributed by atoms with E-state index in [-0.39, 0.29) is 29.8 Å². The van der Waals surface area contributed by atoms with Gasteiger partial charge in [-0.25, -0.2) is 8.42 Å². The molecule has 0 spiro atoms. The van der Waals surface area contributed by atoms with E-state index in [9.17, 15) is 18.0 Å². The van der Waals surface area contributed by atoms with E-state index in [2.05, 4.69) is 5.32 Å². The molecule has 46 heavy (non-hydrogen) atoms. The molecule has 4 aromatic carbocycles. The first-order valence-corrected chi connectivity index (χ1v) is 17.4. The summed E-state index contributed by atoms with van der Waals surface area (Å²) < 4.78 is 29.5. The number of halogens is 3. The number of amides is 2. The van der Waals surface area contributed by atoms with Crippen molar-refractivity contribution in [2.75, 3.05) is 10.8 Å². The van der Waals surface area contributed by atoms with Gasteiger partial charge in [-0.1, -0.05) is 96.3 Å². The van der Waals surface area contributed by atoms with E-state index in [1.54, 1.807) is 49.4 Å². The smallest absolute Gasteiger partial charge is 0.264 e. The molecule has 0 aliphatic heterocycles. The molecular weight excluding hydrogens is 665 g/mol. The Kier molecular flexibility index (Phi) is 12.1. The van der Waals surface area contributed by atoms with Gasteiger partial charge in [0.15, 0.2) is 0 Å². The van der Waals surface area contributed by atoms with Crippen LogP contribution in [0.25, 0.3) is 0 Å². The largest absolute Gasteiger partial charge is 0.352 e. The summed E-state index contributed by atoms with van der Waals surface area (Å²) in [5, 5.41) is 4.02. The fourth-order valence-corrected chi connectivity index (χ4v) is 7.06. The molecule has 0 aromatic heterocycles. The van der Waals surface area contributed by atoms with Gasteiger partial charge in [0, 0.05) is 39.6 Å². The van der Waals surface area contributed by atoms with Gasteiger partial charge in [-0.05, 0) is 73.9 Å². The summed E-state index contributed by atoms with van der Waals surface area (Å²) >= 11 is 19.2. The van der Waals surface area contributed by atoms with Crippen LogP contribution in [0.5, 0.6) is 0 Å². The summed E-state index contributed by atoms with van der Waals surface area (Å²) in [6.07, 6.45) is 0.847. The van der Waals surface area contributed by atoms with Crippen molar-refractivity contribution < 1.29 is 18.0 Å². The maximum Gasteiger partial charge on any atom is 0.264 e. The molecule has 0 fully saturated rings. The molecule has 0 heterocycles. The Bertz CT molecular complexity index is 1750. The lowest BCUT2D eigenvalue weighted by molar-refractivity contribution is -0.140. The first-order valence-electron chi connectivity index (χ1n) is 14.8. The highest BCUT2D eigenvalue weighted by molar-refractivity contribution is 7.92. The first-order chi connectivity index (χ1) is 21.9. The second kappa shape index (κ2) is 15.8. The molecule has 4 aromatic rings. The highest BCUT2D eigenvalue weighted by Crippen LogP contribution is 2.30. The average molecular weight is 701 g/mol. The molecule has 0 saturated heterocycles. The number of carbonyl (C=O) groups is 2. The first kappa shape index (κ1) is 35.3. The summed E-state index contributed by atoms with van der Waals surface area (Å²) in [6.45, 7) is 4.87. The maximum absolute atomic E-state index is 14.6. The molecule has 0 bridgehead atoms. The quantitative estimate of drug-likeness (QED) is 0.155. The molecule has 0 saturated carbocycles. The Morgan fingerprint density at radius 2 is 1.43 bits per heavy atom. The molecular formula is C35H36Cl3N3O4S. The molecule has 2 amide bonds. The van der Waals surface area contributed by atoms with Crippen LogP contribution >= 0.6 is 34.8 Å². The van der Waals surface area contributed by atoms with E-state index < -0.39 is 28.5 Å². The van der Waals surface area contributed by atoms with E-state index in [1.165, 1.54) is 29.2 Å². The Hall–Kier alpha value is -3.56. The van der Waals surface area contributed by atoms with Crippen LogP contribution in [-0.4, -0.2) is 43.8 Å². The van der Waals surface area contributed by atoms with E-state index in [4.69, 9.17) is 34.8 Å². The lowest BCUT2D eigenvalue weighted by atomic mass is 10.0. The molecule has 7 nitrogen and oxygen atoms in total. The third-order valence-electron chi connectivity index (χ3n) is 7.73. The lowest BCUT2D eigenvalue weighted by Crippen LogP contribution is -2.54. The van der Waals surface area contributed by atoms with Gasteiger partial charge in [0.05, 0.1) is 10.6 Å². The summed E-state index contributed by atoms with van der Waals surface area (Å²) in [7, 11) is -4.26. The number of rotatable bonds is 13. The van der Waals surface area contributed by atoms with Crippen molar-refractivity contribution in [2.24, 2.45) is 0 Å². The Balaban J connectivity index is 1.85. The van der Waals surface area contributed by atoms with Gasteiger partial charge < -0.3 is 10.2 Å². The number of nitrogens with zero attached hydrogens (tertiary/aromatic N) is 2. The zero-order valence-corrected chi connectivity index (χ0v) is 28.9. The van der Waals surface area contributed by atoms with Gasteiger partial charge in [-0.2, -0.15) is 0 Å². The number of carbonyl (C=O) groups excluding carboxylic acids is 2. The van der Waals surface area contributed by atoms with Crippen molar-refractivity contribution in [3.8, 4) is 0 Å². The van der Waals surface area contributed by atoms with Crippen molar-refractivity contribution in [3.05, 3.63) is 129 Å². The summed E-state index contributed by atoms with van der Waals surface area (Å²) in [6, 6.07) is 25.8. The highest BCUT2D eigenvalue weighted by Gasteiger charge is 2.36. The van der Waals surface area contributed by atoms with Crippen LogP contribution in [0.15, 0.2) is 102 Å². The highest BCUT2D eigenvalue weighted by atomic mass is 35.5. The topological polar surface area (TPSA) is 86.8 Å². The second-order valence-corrected chi connectivity index (χ2v) is 14.1. The minimum Gasteiger partial charge on any atom is -0.352 e. The minimum absolute atomic E-state index is 0.0380. The monoisotopic (exact) mass is 699 g/mol. The van der Waals surface area contributed by atoms with Gasteiger partial charge in [-0.15, -0.1) is 0 Å². The van der Waals surface area contributed by atoms with Crippen LogP contribution < -0.4 is 9.62 Å². The van der Waals surface area contributed by atoms with E-state index >= 15 is 0 Å². The fraction of sp³-hybridized carbons (Fsp3) is 0.257. The molecule has 0 aliphatic carbocycles. The molecule has 0 radical (unpaired) electrons. The van der Waals surface area contributed by atoms with Crippen LogP contribution in [0, 0.1) is 6.92 Å². The molecule has 242 valence electrons. The van der Waals surface area contributed by atoms with E-state index in [0.29, 0.717) is 38.3 Å². The number of anilines is 1. The predicted molar refractivity (Wildman–Crippen MR) is 186 cm³/mol. The Morgan fingerprint density at radius 3 is 2.04 bits per heavy atom. The predicted octanol–water partition coefficient (Wildman–Crippen LogP) is 7.71. The third-order valence-corrected chi connectivity index (χ3v) is 10.5. The number of hydrogen-bond acceptors (Lipinski definition) is 4. The fourth-order valence-electron chi connectivity index (χ4n) is 4.94. The lowest BCUT2D eigenvalue weighted by Gasteiger charge is -2.35. The maximum atomic E-state index is 14.6. The molecule has 2 atom stereocenters. The van der Waals surface area contributed by atoms with Gasteiger partial charge in [-0.3, -0.25) is 13.9 Å². The van der Waals surface area contributed by atoms with Crippen molar-refractivity contribution in [3.63, 3.8) is 0 Å². The normalized spacial score (nSPS) is 12.7. The SMILES string of the molecule is CC[C@@H](C)NC(=O)[C@@H](Cc1ccccc1)N(Cc1c(Cl)cccc1Cl)C(=O)CN(c1ccccc1C)S(=O)(=O)c1ccc(Cl)cc1. The van der Waals surface area contributed by atoms with E-state index in [1.807, 2.05) is 44.2 Å². The molecule has 1 N–H and O–H groups in total. The van der Waals surface area contributed by atoms with E-state index in [0.717, 1.165) is 9.87 Å². The van der Waals surface area contributed by atoms with Gasteiger partial charge in [0.2, 0.25) is 11.8 Å². The van der Waals surface area contributed by atoms with Gasteiger partial charge >= 0.3 is 0 Å². The van der Waals surface area contributed by atoms with Crippen LogP contribution in [-0.2, 0) is 32.6 Å². The molecule has 0 aliphatic rings. The van der Waals surface area contributed by atoms with Crippen molar-refractivity contribution >= 4 is 62.3 Å². The summed E-state index contributed by atoms with van der Waals surface area (Å²) in [4.78, 5) is 29.9. The van der Waals surface area contributed by atoms with Gasteiger partial charge in [0.25, 0.3) is 10.0 Å². The number of aryl methyl sites for hydroxylation is 1. The Labute approximate surface area is 286 Å². The number of hydrogen-bond donors (Lipinski definition) is 1. The molecule has 4 rings (SSSR count). The molecule has 11 heteroatoms. The van der Waals surface area contributed by atoms with Gasteiger partial charge in [0.1, 0.15) is 12.6 Å². The van der Waals surface area contributed by atoms with Crippen molar-refractivity contribution in [1.29, 1.82) is 0 Å². The number of nitrogens with one attached hydrogen (secondary N) is 1. The number of para-hydroxylation sites is 1. The zero-order chi connectivity index (χ0) is 33.4. The summed E-state index contributed by atoms with van der Waals surface area (Å²) in [5.74, 6) is -0.991. The third kappa shape index (κ3) is 8.62. The van der Waals surface area contributed by atoms with Crippen LogP contribution in [0.3, 0.4) is 0 Å². The van der Waals surface area contributed by atoms with Crippen LogP contribution in [0.1, 0.15) is 37.0 Å². The Morgan fingerprint density at radius 1 is 0.826 bits per heavy atom. The van der Waals surface area contributed by atoms with Crippen LogP contribution in [0.4, 0.5) is 5.69 Å².